The van der Waals surface area contributed by atoms with E-state index in [4.69, 9.17) is 0 Å². The smallest absolute Gasteiger partial charge is 0.243 e. The Bertz CT molecular complexity index is 653. The number of halogens is 2. The molecule has 0 bridgehead atoms. The summed E-state index contributed by atoms with van der Waals surface area (Å²) in [6, 6.07) is 5.98. The molecule has 1 aromatic rings. The molecule has 2 atom stereocenters. The maximum atomic E-state index is 15.3. The van der Waals surface area contributed by atoms with Crippen molar-refractivity contribution < 1.29 is 9.18 Å². The van der Waals surface area contributed by atoms with Gasteiger partial charge in [0.25, 0.3) is 0 Å². The van der Waals surface area contributed by atoms with Gasteiger partial charge >= 0.3 is 0 Å². The van der Waals surface area contributed by atoms with Crippen LogP contribution in [-0.2, 0) is 11.2 Å². The number of nitrogens with one attached hydrogen (secondary N) is 1. The van der Waals surface area contributed by atoms with Crippen molar-refractivity contribution in [1.82, 2.24) is 5.32 Å². The zero-order chi connectivity index (χ0) is 17.7. The fourth-order valence-corrected chi connectivity index (χ4v) is 3.36. The molecule has 0 saturated carbocycles. The topological polar surface area (TPSA) is 29.1 Å². The van der Waals surface area contributed by atoms with Gasteiger partial charge in [0.15, 0.2) is 0 Å². The van der Waals surface area contributed by atoms with Gasteiger partial charge in [-0.1, -0.05) is 61.0 Å². The van der Waals surface area contributed by atoms with E-state index in [1.165, 1.54) is 6.08 Å². The van der Waals surface area contributed by atoms with Gasteiger partial charge in [0.05, 0.1) is 0 Å². The van der Waals surface area contributed by atoms with E-state index in [1.54, 1.807) is 12.2 Å². The van der Waals surface area contributed by atoms with Crippen LogP contribution in [0.1, 0.15) is 44.2 Å². The molecular weight excluding hydrogens is 369 g/mol. The van der Waals surface area contributed by atoms with Crippen molar-refractivity contribution in [2.45, 2.75) is 45.2 Å². The second-order valence-electron chi connectivity index (χ2n) is 6.91. The van der Waals surface area contributed by atoms with Crippen LogP contribution in [0, 0.1) is 5.92 Å². The zero-order valence-electron chi connectivity index (χ0n) is 14.5. The summed E-state index contributed by atoms with van der Waals surface area (Å²) < 4.78 is 16.2. The minimum absolute atomic E-state index is 0.116. The van der Waals surface area contributed by atoms with Crippen LogP contribution in [-0.4, -0.2) is 18.1 Å². The number of carbonyl (C=O) groups is 1. The van der Waals surface area contributed by atoms with Crippen molar-refractivity contribution in [1.29, 1.82) is 0 Å². The highest BCUT2D eigenvalue weighted by Crippen LogP contribution is 2.46. The monoisotopic (exact) mass is 393 g/mol. The number of hydrogen-bond acceptors (Lipinski definition) is 1. The average molecular weight is 394 g/mol. The second kappa shape index (κ2) is 8.11. The van der Waals surface area contributed by atoms with Gasteiger partial charge in [-0.3, -0.25) is 4.79 Å². The van der Waals surface area contributed by atoms with E-state index in [-0.39, 0.29) is 11.8 Å². The molecule has 1 amide bonds. The number of hydrogen-bond donors (Lipinski definition) is 1. The first kappa shape index (κ1) is 18.9. The van der Waals surface area contributed by atoms with Crippen molar-refractivity contribution >= 4 is 21.8 Å². The average Bonchev–Trinajstić information content (AvgIpc) is 2.77. The van der Waals surface area contributed by atoms with Crippen molar-refractivity contribution in [2.24, 2.45) is 5.92 Å². The van der Waals surface area contributed by atoms with Crippen LogP contribution in [0.4, 0.5) is 4.39 Å². The quantitative estimate of drug-likeness (QED) is 0.528. The predicted octanol–water partition coefficient (Wildman–Crippen LogP) is 5.09. The molecule has 0 aromatic heterocycles. The van der Waals surface area contributed by atoms with Gasteiger partial charge in [-0.15, -0.1) is 0 Å². The molecule has 1 N–H and O–H groups in total. The highest BCUT2D eigenvalue weighted by Gasteiger charge is 2.43. The summed E-state index contributed by atoms with van der Waals surface area (Å²) in [6.07, 6.45) is 7.50. The summed E-state index contributed by atoms with van der Waals surface area (Å²) in [4.78, 5) is 11.6. The zero-order valence-corrected chi connectivity index (χ0v) is 16.1. The Kier molecular flexibility index (Phi) is 6.39. The third kappa shape index (κ3) is 4.79. The number of carbonyl (C=O) groups excluding carboxylic acids is 1. The minimum Gasteiger partial charge on any atom is -0.352 e. The Hall–Kier alpha value is -1.42. The predicted molar refractivity (Wildman–Crippen MR) is 101 cm³/mol. The van der Waals surface area contributed by atoms with E-state index in [0.29, 0.717) is 25.3 Å². The Morgan fingerprint density at radius 3 is 2.92 bits per heavy atom. The third-order valence-electron chi connectivity index (χ3n) is 4.47. The second-order valence-corrected chi connectivity index (χ2v) is 7.82. The van der Waals surface area contributed by atoms with E-state index >= 15 is 4.39 Å². The maximum absolute atomic E-state index is 15.3. The summed E-state index contributed by atoms with van der Waals surface area (Å²) in [5.74, 6) is 0.178. The van der Waals surface area contributed by atoms with E-state index in [0.717, 1.165) is 15.6 Å². The first-order chi connectivity index (χ1) is 11.3. The lowest BCUT2D eigenvalue weighted by Gasteiger charge is -2.23. The molecule has 0 aliphatic heterocycles. The lowest BCUT2D eigenvalue weighted by atomic mass is 9.88. The molecule has 4 heteroatoms. The minimum atomic E-state index is -1.26. The van der Waals surface area contributed by atoms with Crippen LogP contribution in [0.5, 0.6) is 0 Å². The SMILES string of the molecule is CC(C)CNC(=O)/C=C\C=C\CC1(F)Cc2ccc(Br)cc2C1C. The third-order valence-corrected chi connectivity index (χ3v) is 4.96. The lowest BCUT2D eigenvalue weighted by molar-refractivity contribution is -0.116. The molecule has 1 aromatic carbocycles. The van der Waals surface area contributed by atoms with Crippen LogP contribution >= 0.6 is 15.9 Å². The van der Waals surface area contributed by atoms with Crippen LogP contribution in [0.25, 0.3) is 0 Å². The summed E-state index contributed by atoms with van der Waals surface area (Å²) >= 11 is 3.45. The molecule has 24 heavy (non-hydrogen) atoms. The fourth-order valence-electron chi connectivity index (χ4n) is 2.98. The van der Waals surface area contributed by atoms with Crippen LogP contribution < -0.4 is 5.32 Å². The Morgan fingerprint density at radius 1 is 1.46 bits per heavy atom. The molecule has 0 radical (unpaired) electrons. The molecule has 0 heterocycles. The van der Waals surface area contributed by atoms with Gasteiger partial charge in [0, 0.05) is 35.9 Å². The molecule has 0 fully saturated rings. The summed E-state index contributed by atoms with van der Waals surface area (Å²) in [6.45, 7) is 6.70. The summed E-state index contributed by atoms with van der Waals surface area (Å²) in [5, 5.41) is 2.81. The van der Waals surface area contributed by atoms with E-state index < -0.39 is 5.67 Å². The standard InChI is InChI=1S/C20H25BrFNO/c1-14(2)13-23-19(24)7-5-4-6-10-20(22)12-16-8-9-17(21)11-18(16)15(20)3/h4-9,11,14-15H,10,12-13H2,1-3H3,(H,23,24)/b6-4+,7-5-. The number of amides is 1. The number of allylic oxidation sites excluding steroid dienone is 3. The van der Waals surface area contributed by atoms with Gasteiger partial charge in [0.2, 0.25) is 5.91 Å². The van der Waals surface area contributed by atoms with Gasteiger partial charge in [-0.2, -0.15) is 0 Å². The van der Waals surface area contributed by atoms with Crippen LogP contribution in [0.3, 0.4) is 0 Å². The highest BCUT2D eigenvalue weighted by molar-refractivity contribution is 9.10. The molecule has 2 nitrogen and oxygen atoms in total. The fraction of sp³-hybridized carbons (Fsp3) is 0.450. The number of benzene rings is 1. The number of alkyl halides is 1. The Labute approximate surface area is 152 Å². The largest absolute Gasteiger partial charge is 0.352 e. The molecule has 2 unspecified atom stereocenters. The normalized spacial score (nSPS) is 23.3. The van der Waals surface area contributed by atoms with Gasteiger partial charge in [0.1, 0.15) is 5.67 Å². The Morgan fingerprint density at radius 2 is 2.21 bits per heavy atom. The van der Waals surface area contributed by atoms with Crippen LogP contribution in [0.15, 0.2) is 47.0 Å². The summed E-state index contributed by atoms with van der Waals surface area (Å²) in [7, 11) is 0. The number of rotatable bonds is 6. The lowest BCUT2D eigenvalue weighted by Crippen LogP contribution is -2.26. The van der Waals surface area contributed by atoms with Crippen molar-refractivity contribution in [3.05, 3.63) is 58.1 Å². The van der Waals surface area contributed by atoms with Gasteiger partial charge < -0.3 is 5.32 Å². The molecule has 0 saturated heterocycles. The van der Waals surface area contributed by atoms with E-state index in [2.05, 4.69) is 21.2 Å². The first-order valence-electron chi connectivity index (χ1n) is 8.40. The van der Waals surface area contributed by atoms with Gasteiger partial charge in [-0.25, -0.2) is 4.39 Å². The summed E-state index contributed by atoms with van der Waals surface area (Å²) in [5.41, 5.74) is 0.919. The molecular formula is C20H25BrFNO. The van der Waals surface area contributed by atoms with Crippen molar-refractivity contribution in [3.8, 4) is 0 Å². The van der Waals surface area contributed by atoms with E-state index in [1.807, 2.05) is 45.0 Å². The van der Waals surface area contributed by atoms with E-state index in [9.17, 15) is 4.79 Å². The van der Waals surface area contributed by atoms with Crippen molar-refractivity contribution in [2.75, 3.05) is 6.54 Å². The molecule has 0 spiro atoms. The first-order valence-corrected chi connectivity index (χ1v) is 9.19. The molecule has 1 aliphatic rings. The number of fused-ring (bicyclic) bond motifs is 1. The van der Waals surface area contributed by atoms with Gasteiger partial charge in [-0.05, 0) is 29.2 Å². The van der Waals surface area contributed by atoms with Crippen LogP contribution in [0.2, 0.25) is 0 Å². The molecule has 130 valence electrons. The molecule has 2 rings (SSSR count). The van der Waals surface area contributed by atoms with Crippen molar-refractivity contribution in [3.63, 3.8) is 0 Å². The molecule has 1 aliphatic carbocycles. The maximum Gasteiger partial charge on any atom is 0.243 e. The Balaban J connectivity index is 1.89. The highest BCUT2D eigenvalue weighted by atomic mass is 79.9.